The van der Waals surface area contributed by atoms with Crippen LogP contribution in [0.15, 0.2) is 69.9 Å². The van der Waals surface area contributed by atoms with Gasteiger partial charge in [0, 0.05) is 28.8 Å². The average Bonchev–Trinajstić information content (AvgIpc) is 2.60. The van der Waals surface area contributed by atoms with Gasteiger partial charge in [-0.15, -0.1) is 0 Å². The molecule has 1 N–H and O–H groups in total. The molecule has 25 heavy (non-hydrogen) atoms. The average molecular weight is 398 g/mol. The summed E-state index contributed by atoms with van der Waals surface area (Å²) in [4.78, 5) is 23.5. The van der Waals surface area contributed by atoms with Crippen LogP contribution in [0.5, 0.6) is 0 Å². The SMILES string of the molecule is Cn1nc(-c2ccc(NC(=O)Cc3ccc(Br)cc3)cc2)ccc1=O. The van der Waals surface area contributed by atoms with Gasteiger partial charge in [-0.3, -0.25) is 9.59 Å². The standard InChI is InChI=1S/C19H16BrN3O2/c1-23-19(25)11-10-17(22-23)14-4-8-16(9-5-14)21-18(24)12-13-2-6-15(20)7-3-13/h2-11H,12H2,1H3,(H,21,24). The molecule has 0 aliphatic rings. The van der Waals surface area contributed by atoms with Crippen molar-refractivity contribution in [1.82, 2.24) is 9.78 Å². The molecule has 3 aromatic rings. The minimum atomic E-state index is -0.152. The van der Waals surface area contributed by atoms with Crippen LogP contribution in [0.1, 0.15) is 5.56 Å². The lowest BCUT2D eigenvalue weighted by Gasteiger charge is -2.07. The summed E-state index contributed by atoms with van der Waals surface area (Å²) in [5.41, 5.74) is 3.10. The Morgan fingerprint density at radius 2 is 1.72 bits per heavy atom. The van der Waals surface area contributed by atoms with Gasteiger partial charge in [-0.25, -0.2) is 4.68 Å². The first-order chi connectivity index (χ1) is 12.0. The Labute approximate surface area is 153 Å². The first kappa shape index (κ1) is 17.1. The molecule has 0 aliphatic heterocycles. The number of rotatable bonds is 4. The summed E-state index contributed by atoms with van der Waals surface area (Å²) in [6, 6.07) is 18.2. The van der Waals surface area contributed by atoms with Crippen molar-refractivity contribution >= 4 is 27.5 Å². The third kappa shape index (κ3) is 4.42. The van der Waals surface area contributed by atoms with Gasteiger partial charge in [0.15, 0.2) is 0 Å². The smallest absolute Gasteiger partial charge is 0.266 e. The van der Waals surface area contributed by atoms with Crippen LogP contribution < -0.4 is 10.9 Å². The molecule has 0 atom stereocenters. The molecule has 0 radical (unpaired) electrons. The molecule has 0 unspecified atom stereocenters. The highest BCUT2D eigenvalue weighted by molar-refractivity contribution is 9.10. The zero-order valence-electron chi connectivity index (χ0n) is 13.6. The Morgan fingerprint density at radius 3 is 2.36 bits per heavy atom. The highest BCUT2D eigenvalue weighted by Gasteiger charge is 2.06. The third-order valence-corrected chi connectivity index (χ3v) is 4.23. The van der Waals surface area contributed by atoms with Crippen LogP contribution in [0.3, 0.4) is 0 Å². The number of halogens is 1. The summed E-state index contributed by atoms with van der Waals surface area (Å²) in [7, 11) is 1.61. The van der Waals surface area contributed by atoms with Gasteiger partial charge in [0.2, 0.25) is 5.91 Å². The van der Waals surface area contributed by atoms with Crippen LogP contribution in [0.4, 0.5) is 5.69 Å². The predicted octanol–water partition coefficient (Wildman–Crippen LogP) is 3.39. The molecule has 1 aromatic heterocycles. The van der Waals surface area contributed by atoms with Crippen LogP contribution in [0.25, 0.3) is 11.3 Å². The second-order valence-corrected chi connectivity index (χ2v) is 6.52. The van der Waals surface area contributed by atoms with E-state index in [0.29, 0.717) is 12.1 Å². The Hall–Kier alpha value is -2.73. The van der Waals surface area contributed by atoms with Crippen molar-refractivity contribution in [1.29, 1.82) is 0 Å². The number of hydrogen-bond donors (Lipinski definition) is 1. The van der Waals surface area contributed by atoms with Crippen LogP contribution in [-0.2, 0) is 18.3 Å². The Bertz CT molecular complexity index is 948. The van der Waals surface area contributed by atoms with Gasteiger partial charge in [0.25, 0.3) is 5.56 Å². The molecular weight excluding hydrogens is 382 g/mol. The Morgan fingerprint density at radius 1 is 1.04 bits per heavy atom. The molecule has 0 spiro atoms. The molecule has 3 rings (SSSR count). The van der Waals surface area contributed by atoms with Gasteiger partial charge in [-0.2, -0.15) is 5.10 Å². The normalized spacial score (nSPS) is 10.5. The number of benzene rings is 2. The number of nitrogens with one attached hydrogen (secondary N) is 1. The maximum atomic E-state index is 12.1. The zero-order chi connectivity index (χ0) is 17.8. The zero-order valence-corrected chi connectivity index (χ0v) is 15.2. The van der Waals surface area contributed by atoms with Gasteiger partial charge in [-0.05, 0) is 35.9 Å². The van der Waals surface area contributed by atoms with Crippen molar-refractivity contribution in [3.05, 3.63) is 81.1 Å². The second-order valence-electron chi connectivity index (χ2n) is 5.61. The number of aryl methyl sites for hydroxylation is 1. The van der Waals surface area contributed by atoms with Gasteiger partial charge >= 0.3 is 0 Å². The fraction of sp³-hybridized carbons (Fsp3) is 0.105. The number of aromatic nitrogens is 2. The molecule has 1 amide bonds. The Balaban J connectivity index is 1.67. The van der Waals surface area contributed by atoms with Gasteiger partial charge in [-0.1, -0.05) is 40.2 Å². The van der Waals surface area contributed by atoms with E-state index in [0.717, 1.165) is 21.3 Å². The van der Waals surface area contributed by atoms with Crippen molar-refractivity contribution in [3.63, 3.8) is 0 Å². The fourth-order valence-electron chi connectivity index (χ4n) is 2.37. The van der Waals surface area contributed by atoms with E-state index in [2.05, 4.69) is 26.3 Å². The lowest BCUT2D eigenvalue weighted by Crippen LogP contribution is -2.18. The van der Waals surface area contributed by atoms with E-state index in [1.807, 2.05) is 48.5 Å². The van der Waals surface area contributed by atoms with Crippen LogP contribution >= 0.6 is 15.9 Å². The minimum absolute atomic E-state index is 0.0738. The molecule has 0 saturated carbocycles. The molecule has 1 heterocycles. The van der Waals surface area contributed by atoms with Crippen molar-refractivity contribution in [2.24, 2.45) is 7.05 Å². The summed E-state index contributed by atoms with van der Waals surface area (Å²) in [6.45, 7) is 0. The fourth-order valence-corrected chi connectivity index (χ4v) is 2.64. The largest absolute Gasteiger partial charge is 0.326 e. The van der Waals surface area contributed by atoms with Crippen LogP contribution in [0.2, 0.25) is 0 Å². The topological polar surface area (TPSA) is 64.0 Å². The number of carbonyl (C=O) groups is 1. The number of carbonyl (C=O) groups excluding carboxylic acids is 1. The molecule has 5 nitrogen and oxygen atoms in total. The van der Waals surface area contributed by atoms with E-state index < -0.39 is 0 Å². The van der Waals surface area contributed by atoms with Crippen molar-refractivity contribution < 1.29 is 4.79 Å². The highest BCUT2D eigenvalue weighted by Crippen LogP contribution is 2.19. The lowest BCUT2D eigenvalue weighted by atomic mass is 10.1. The van der Waals surface area contributed by atoms with Crippen molar-refractivity contribution in [2.75, 3.05) is 5.32 Å². The van der Waals surface area contributed by atoms with Crippen molar-refractivity contribution in [3.8, 4) is 11.3 Å². The predicted molar refractivity (Wildman–Crippen MR) is 101 cm³/mol. The van der Waals surface area contributed by atoms with Crippen LogP contribution in [-0.4, -0.2) is 15.7 Å². The maximum absolute atomic E-state index is 12.1. The first-order valence-electron chi connectivity index (χ1n) is 7.70. The summed E-state index contributed by atoms with van der Waals surface area (Å²) in [5, 5.41) is 7.09. The first-order valence-corrected chi connectivity index (χ1v) is 8.50. The van der Waals surface area contributed by atoms with E-state index in [4.69, 9.17) is 0 Å². The van der Waals surface area contributed by atoms with E-state index in [-0.39, 0.29) is 11.5 Å². The Kier molecular flexibility index (Phi) is 5.09. The highest BCUT2D eigenvalue weighted by atomic mass is 79.9. The van der Waals surface area contributed by atoms with E-state index in [1.54, 1.807) is 13.1 Å². The quantitative estimate of drug-likeness (QED) is 0.733. The molecule has 126 valence electrons. The van der Waals surface area contributed by atoms with Crippen molar-refractivity contribution in [2.45, 2.75) is 6.42 Å². The summed E-state index contributed by atoms with van der Waals surface area (Å²) >= 11 is 3.38. The molecule has 0 fully saturated rings. The number of nitrogens with zero attached hydrogens (tertiary/aromatic N) is 2. The lowest BCUT2D eigenvalue weighted by molar-refractivity contribution is -0.115. The van der Waals surface area contributed by atoms with E-state index >= 15 is 0 Å². The number of amides is 1. The number of hydrogen-bond acceptors (Lipinski definition) is 3. The van der Waals surface area contributed by atoms with E-state index in [1.165, 1.54) is 10.7 Å². The third-order valence-electron chi connectivity index (χ3n) is 3.70. The maximum Gasteiger partial charge on any atom is 0.266 e. The minimum Gasteiger partial charge on any atom is -0.326 e. The summed E-state index contributed by atoms with van der Waals surface area (Å²) < 4.78 is 2.28. The molecular formula is C19H16BrN3O2. The van der Waals surface area contributed by atoms with E-state index in [9.17, 15) is 9.59 Å². The monoisotopic (exact) mass is 397 g/mol. The summed E-state index contributed by atoms with van der Waals surface area (Å²) in [5.74, 6) is -0.0738. The molecule has 6 heteroatoms. The van der Waals surface area contributed by atoms with Gasteiger partial charge < -0.3 is 5.32 Å². The molecule has 0 bridgehead atoms. The second kappa shape index (κ2) is 7.44. The molecule has 0 saturated heterocycles. The van der Waals surface area contributed by atoms with Gasteiger partial charge in [0.05, 0.1) is 12.1 Å². The molecule has 2 aromatic carbocycles. The number of anilines is 1. The summed E-state index contributed by atoms with van der Waals surface area (Å²) in [6.07, 6.45) is 0.317. The van der Waals surface area contributed by atoms with Gasteiger partial charge in [0.1, 0.15) is 0 Å². The van der Waals surface area contributed by atoms with Crippen LogP contribution in [0, 0.1) is 0 Å². The molecule has 0 aliphatic carbocycles.